The van der Waals surface area contributed by atoms with Gasteiger partial charge in [0.25, 0.3) is 0 Å². The molecule has 0 aliphatic carbocycles. The van der Waals surface area contributed by atoms with Crippen molar-refractivity contribution in [2.75, 3.05) is 13.1 Å². The standard InChI is InChI=1S/C18H23N3O2S/c1-18(2,3)23-17(22)21-9-7-13(12-21)11-14-5-4-6-15(20-14)16-19-8-10-24-16/h4-6,8,10,13H,7,9,11-12H2,1-3H3/t13-/m0/s1. The maximum Gasteiger partial charge on any atom is 0.410 e. The van der Waals surface area contributed by atoms with Gasteiger partial charge in [-0.2, -0.15) is 0 Å². The van der Waals surface area contributed by atoms with Gasteiger partial charge in [-0.3, -0.25) is 4.98 Å². The second-order valence-corrected chi connectivity index (χ2v) is 8.03. The maximum atomic E-state index is 12.1. The Morgan fingerprint density at radius 1 is 1.42 bits per heavy atom. The van der Waals surface area contributed by atoms with Crippen LogP contribution >= 0.6 is 11.3 Å². The van der Waals surface area contributed by atoms with Crippen molar-refractivity contribution in [1.29, 1.82) is 0 Å². The Morgan fingerprint density at radius 2 is 2.25 bits per heavy atom. The molecule has 6 heteroatoms. The summed E-state index contributed by atoms with van der Waals surface area (Å²) in [4.78, 5) is 23.0. The number of hydrogen-bond acceptors (Lipinski definition) is 5. The molecule has 0 unspecified atom stereocenters. The number of ether oxygens (including phenoxy) is 1. The molecule has 0 aromatic carbocycles. The molecule has 0 N–H and O–H groups in total. The topological polar surface area (TPSA) is 55.3 Å². The van der Waals surface area contributed by atoms with Crippen LogP contribution in [0.1, 0.15) is 32.9 Å². The highest BCUT2D eigenvalue weighted by Gasteiger charge is 2.30. The molecule has 1 amide bonds. The average molecular weight is 345 g/mol. The van der Waals surface area contributed by atoms with E-state index in [1.807, 2.05) is 44.4 Å². The zero-order valence-corrected chi connectivity index (χ0v) is 15.2. The molecular weight excluding hydrogens is 322 g/mol. The van der Waals surface area contributed by atoms with E-state index in [0.29, 0.717) is 5.92 Å². The predicted octanol–water partition coefficient (Wildman–Crippen LogP) is 4.00. The Hall–Kier alpha value is -1.95. The molecule has 1 aliphatic heterocycles. The molecule has 5 nitrogen and oxygen atoms in total. The first kappa shape index (κ1) is 16.9. The fourth-order valence-electron chi connectivity index (χ4n) is 2.85. The van der Waals surface area contributed by atoms with Crippen LogP contribution in [-0.2, 0) is 11.2 Å². The van der Waals surface area contributed by atoms with Crippen LogP contribution in [0.5, 0.6) is 0 Å². The highest BCUT2D eigenvalue weighted by Crippen LogP contribution is 2.24. The second kappa shape index (κ2) is 6.89. The van der Waals surface area contributed by atoms with Gasteiger partial charge in [0.05, 0.1) is 5.69 Å². The summed E-state index contributed by atoms with van der Waals surface area (Å²) in [6, 6.07) is 6.07. The third kappa shape index (κ3) is 4.32. The Balaban J connectivity index is 1.60. The van der Waals surface area contributed by atoms with Gasteiger partial charge >= 0.3 is 6.09 Å². The molecule has 1 aliphatic rings. The molecule has 128 valence electrons. The van der Waals surface area contributed by atoms with Gasteiger partial charge in [0, 0.05) is 30.4 Å². The summed E-state index contributed by atoms with van der Waals surface area (Å²) >= 11 is 1.59. The Bertz CT molecular complexity index is 695. The first-order valence-electron chi connectivity index (χ1n) is 8.24. The number of likely N-dealkylation sites (tertiary alicyclic amines) is 1. The van der Waals surface area contributed by atoms with E-state index in [1.54, 1.807) is 22.4 Å². The number of pyridine rings is 1. The number of aromatic nitrogens is 2. The van der Waals surface area contributed by atoms with Crippen molar-refractivity contribution < 1.29 is 9.53 Å². The summed E-state index contributed by atoms with van der Waals surface area (Å²) in [5.74, 6) is 0.427. The lowest BCUT2D eigenvalue weighted by Crippen LogP contribution is -2.35. The monoisotopic (exact) mass is 345 g/mol. The summed E-state index contributed by atoms with van der Waals surface area (Å²) in [5.41, 5.74) is 1.53. The summed E-state index contributed by atoms with van der Waals surface area (Å²) in [6.45, 7) is 7.18. The summed E-state index contributed by atoms with van der Waals surface area (Å²) in [7, 11) is 0. The summed E-state index contributed by atoms with van der Waals surface area (Å²) in [6.07, 6.45) is 3.44. The lowest BCUT2D eigenvalue weighted by atomic mass is 10.0. The van der Waals surface area contributed by atoms with Gasteiger partial charge in [0.1, 0.15) is 10.6 Å². The molecule has 1 atom stereocenters. The molecule has 0 radical (unpaired) electrons. The van der Waals surface area contributed by atoms with E-state index in [2.05, 4.69) is 4.98 Å². The minimum absolute atomic E-state index is 0.213. The molecule has 1 fully saturated rings. The number of hydrogen-bond donors (Lipinski definition) is 0. The van der Waals surface area contributed by atoms with Crippen molar-refractivity contribution >= 4 is 17.4 Å². The van der Waals surface area contributed by atoms with Crippen LogP contribution in [0.25, 0.3) is 10.7 Å². The molecule has 3 rings (SSSR count). The van der Waals surface area contributed by atoms with E-state index in [9.17, 15) is 4.79 Å². The summed E-state index contributed by atoms with van der Waals surface area (Å²) in [5, 5.41) is 2.90. The van der Waals surface area contributed by atoms with Gasteiger partial charge in [0.15, 0.2) is 0 Å². The number of thiazole rings is 1. The molecule has 0 saturated carbocycles. The third-order valence-electron chi connectivity index (χ3n) is 3.89. The van der Waals surface area contributed by atoms with Gasteiger partial charge in [-0.25, -0.2) is 9.78 Å². The van der Waals surface area contributed by atoms with Gasteiger partial charge in [-0.1, -0.05) is 6.07 Å². The first-order chi connectivity index (χ1) is 11.4. The van der Waals surface area contributed by atoms with Crippen LogP contribution < -0.4 is 0 Å². The minimum Gasteiger partial charge on any atom is -0.444 e. The first-order valence-corrected chi connectivity index (χ1v) is 9.12. The zero-order chi connectivity index (χ0) is 17.2. The molecule has 2 aromatic heterocycles. The van der Waals surface area contributed by atoms with Gasteiger partial charge < -0.3 is 9.64 Å². The van der Waals surface area contributed by atoms with Crippen molar-refractivity contribution in [3.05, 3.63) is 35.5 Å². The highest BCUT2D eigenvalue weighted by atomic mass is 32.1. The van der Waals surface area contributed by atoms with Crippen LogP contribution in [0, 0.1) is 5.92 Å². The third-order valence-corrected chi connectivity index (χ3v) is 4.69. The van der Waals surface area contributed by atoms with Gasteiger partial charge in [-0.15, -0.1) is 11.3 Å². The molecule has 0 spiro atoms. The molecule has 24 heavy (non-hydrogen) atoms. The molecule has 0 bridgehead atoms. The zero-order valence-electron chi connectivity index (χ0n) is 14.4. The van der Waals surface area contributed by atoms with E-state index in [1.165, 1.54) is 0 Å². The highest BCUT2D eigenvalue weighted by molar-refractivity contribution is 7.13. The van der Waals surface area contributed by atoms with E-state index in [4.69, 9.17) is 9.72 Å². The fourth-order valence-corrected chi connectivity index (χ4v) is 3.46. The largest absolute Gasteiger partial charge is 0.444 e. The predicted molar refractivity (Wildman–Crippen MR) is 95.0 cm³/mol. The van der Waals surface area contributed by atoms with Crippen LogP contribution in [0.15, 0.2) is 29.8 Å². The number of amides is 1. The number of carbonyl (C=O) groups excluding carboxylic acids is 1. The van der Waals surface area contributed by atoms with E-state index >= 15 is 0 Å². The lowest BCUT2D eigenvalue weighted by molar-refractivity contribution is 0.0288. The summed E-state index contributed by atoms with van der Waals surface area (Å²) < 4.78 is 5.45. The van der Waals surface area contributed by atoms with Crippen LogP contribution in [0.3, 0.4) is 0 Å². The van der Waals surface area contributed by atoms with Crippen molar-refractivity contribution in [3.8, 4) is 10.7 Å². The second-order valence-electron chi connectivity index (χ2n) is 7.14. The van der Waals surface area contributed by atoms with Gasteiger partial charge in [0.2, 0.25) is 0 Å². The smallest absolute Gasteiger partial charge is 0.410 e. The van der Waals surface area contributed by atoms with Gasteiger partial charge in [-0.05, 0) is 51.7 Å². The normalized spacial score (nSPS) is 18.0. The average Bonchev–Trinajstić information content (AvgIpc) is 3.17. The Labute approximate surface area is 146 Å². The van der Waals surface area contributed by atoms with Crippen LogP contribution in [0.4, 0.5) is 4.79 Å². The Kier molecular flexibility index (Phi) is 4.85. The number of carbonyl (C=O) groups is 1. The molecule has 1 saturated heterocycles. The number of rotatable bonds is 3. The van der Waals surface area contributed by atoms with E-state index in [0.717, 1.165) is 42.3 Å². The van der Waals surface area contributed by atoms with E-state index in [-0.39, 0.29) is 6.09 Å². The van der Waals surface area contributed by atoms with Crippen molar-refractivity contribution in [2.24, 2.45) is 5.92 Å². The minimum atomic E-state index is -0.446. The van der Waals surface area contributed by atoms with Crippen molar-refractivity contribution in [2.45, 2.75) is 39.2 Å². The van der Waals surface area contributed by atoms with Crippen molar-refractivity contribution in [3.63, 3.8) is 0 Å². The molecular formula is C18H23N3O2S. The fraction of sp³-hybridized carbons (Fsp3) is 0.500. The molecule has 2 aromatic rings. The Morgan fingerprint density at radius 3 is 2.96 bits per heavy atom. The van der Waals surface area contributed by atoms with Crippen molar-refractivity contribution in [1.82, 2.24) is 14.9 Å². The molecule has 3 heterocycles. The lowest BCUT2D eigenvalue weighted by Gasteiger charge is -2.24. The SMILES string of the molecule is CC(C)(C)OC(=O)N1CC[C@@H](Cc2cccc(-c3nccs3)n2)C1. The van der Waals surface area contributed by atoms with Crippen LogP contribution in [0.2, 0.25) is 0 Å². The maximum absolute atomic E-state index is 12.1. The van der Waals surface area contributed by atoms with E-state index < -0.39 is 5.60 Å². The quantitative estimate of drug-likeness (QED) is 0.843. The van der Waals surface area contributed by atoms with Crippen LogP contribution in [-0.4, -0.2) is 39.7 Å². The number of nitrogens with zero attached hydrogens (tertiary/aromatic N) is 3.